The zero-order chi connectivity index (χ0) is 17.8. The minimum Gasteiger partial charge on any atom is -0.380 e. The SMILES string of the molecule is Cc1cc(-c2cccc3cccnc23)c(Cl)c2c1NC(C)(C)CC2C. The van der Waals surface area contributed by atoms with Gasteiger partial charge in [0.2, 0.25) is 0 Å². The predicted octanol–water partition coefficient (Wildman–Crippen LogP) is 6.56. The van der Waals surface area contributed by atoms with Crippen LogP contribution >= 0.6 is 11.6 Å². The third kappa shape index (κ3) is 2.69. The van der Waals surface area contributed by atoms with Crippen molar-refractivity contribution in [3.8, 4) is 11.1 Å². The van der Waals surface area contributed by atoms with Gasteiger partial charge in [-0.2, -0.15) is 0 Å². The number of hydrogen-bond acceptors (Lipinski definition) is 2. The maximum absolute atomic E-state index is 6.95. The topological polar surface area (TPSA) is 24.9 Å². The Morgan fingerprint density at radius 2 is 1.92 bits per heavy atom. The van der Waals surface area contributed by atoms with Gasteiger partial charge in [-0.05, 0) is 56.4 Å². The molecule has 1 atom stereocenters. The molecule has 1 unspecified atom stereocenters. The summed E-state index contributed by atoms with van der Waals surface area (Å²) in [4.78, 5) is 4.61. The smallest absolute Gasteiger partial charge is 0.0780 e. The second-order valence-electron chi connectivity index (χ2n) is 7.84. The van der Waals surface area contributed by atoms with Crippen molar-refractivity contribution in [2.24, 2.45) is 0 Å². The van der Waals surface area contributed by atoms with Gasteiger partial charge in [0.15, 0.2) is 0 Å². The number of fused-ring (bicyclic) bond motifs is 2. The van der Waals surface area contributed by atoms with Crippen molar-refractivity contribution in [1.29, 1.82) is 0 Å². The summed E-state index contributed by atoms with van der Waals surface area (Å²) in [6.07, 6.45) is 2.91. The predicted molar refractivity (Wildman–Crippen MR) is 108 cm³/mol. The molecule has 0 amide bonds. The van der Waals surface area contributed by atoms with E-state index in [9.17, 15) is 0 Å². The monoisotopic (exact) mass is 350 g/mol. The number of nitrogens with one attached hydrogen (secondary N) is 1. The molecule has 2 heterocycles. The van der Waals surface area contributed by atoms with Gasteiger partial charge in [0.05, 0.1) is 10.5 Å². The Morgan fingerprint density at radius 3 is 2.72 bits per heavy atom. The highest BCUT2D eigenvalue weighted by Gasteiger charge is 2.33. The Kier molecular flexibility index (Phi) is 3.77. The normalized spacial score (nSPS) is 18.7. The van der Waals surface area contributed by atoms with Crippen LogP contribution in [0.2, 0.25) is 5.02 Å². The van der Waals surface area contributed by atoms with Crippen LogP contribution in [-0.2, 0) is 0 Å². The van der Waals surface area contributed by atoms with Crippen LogP contribution in [0.3, 0.4) is 0 Å². The summed E-state index contributed by atoms with van der Waals surface area (Å²) in [5, 5.41) is 5.69. The Hall–Kier alpha value is -2.06. The van der Waals surface area contributed by atoms with Gasteiger partial charge in [0, 0.05) is 33.9 Å². The van der Waals surface area contributed by atoms with Gasteiger partial charge in [-0.15, -0.1) is 0 Å². The lowest BCUT2D eigenvalue weighted by Crippen LogP contribution is -2.37. The van der Waals surface area contributed by atoms with Crippen LogP contribution in [0.4, 0.5) is 5.69 Å². The number of hydrogen-bond donors (Lipinski definition) is 1. The van der Waals surface area contributed by atoms with E-state index in [1.807, 2.05) is 12.3 Å². The number of benzene rings is 2. The van der Waals surface area contributed by atoms with Gasteiger partial charge in [0.25, 0.3) is 0 Å². The molecule has 128 valence electrons. The van der Waals surface area contributed by atoms with Crippen LogP contribution in [0.1, 0.15) is 44.2 Å². The van der Waals surface area contributed by atoms with E-state index in [0.29, 0.717) is 5.92 Å². The standard InChI is InChI=1S/C22H23ClN2/c1-13-11-17(16-9-5-7-15-8-6-10-24-21(15)16)19(23)18-14(2)12-22(3,4)25-20(13)18/h5-11,14,25H,12H2,1-4H3. The summed E-state index contributed by atoms with van der Waals surface area (Å²) >= 11 is 6.95. The van der Waals surface area contributed by atoms with E-state index in [0.717, 1.165) is 33.5 Å². The molecule has 0 saturated carbocycles. The van der Waals surface area contributed by atoms with Gasteiger partial charge in [-0.25, -0.2) is 0 Å². The molecule has 0 bridgehead atoms. The summed E-state index contributed by atoms with van der Waals surface area (Å²) in [5.41, 5.74) is 6.95. The van der Waals surface area contributed by atoms with E-state index in [-0.39, 0.29) is 5.54 Å². The summed E-state index contributed by atoms with van der Waals surface area (Å²) in [6.45, 7) is 8.95. The van der Waals surface area contributed by atoms with Gasteiger partial charge in [-0.1, -0.05) is 42.8 Å². The van der Waals surface area contributed by atoms with Gasteiger partial charge in [0.1, 0.15) is 0 Å². The average Bonchev–Trinajstić information content (AvgIpc) is 2.56. The molecule has 3 aromatic rings. The molecule has 0 radical (unpaired) electrons. The van der Waals surface area contributed by atoms with Gasteiger partial charge in [-0.3, -0.25) is 4.98 Å². The van der Waals surface area contributed by atoms with E-state index >= 15 is 0 Å². The molecule has 0 saturated heterocycles. The van der Waals surface area contributed by atoms with Crippen molar-refractivity contribution in [2.75, 3.05) is 5.32 Å². The second-order valence-corrected chi connectivity index (χ2v) is 8.22. The molecule has 2 nitrogen and oxygen atoms in total. The highest BCUT2D eigenvalue weighted by atomic mass is 35.5. The summed E-state index contributed by atoms with van der Waals surface area (Å²) in [6, 6.07) is 12.6. The van der Waals surface area contributed by atoms with E-state index in [1.54, 1.807) is 0 Å². The molecule has 4 rings (SSSR count). The van der Waals surface area contributed by atoms with Crippen LogP contribution in [0.15, 0.2) is 42.6 Å². The first-order valence-corrected chi connectivity index (χ1v) is 9.20. The number of nitrogens with zero attached hydrogens (tertiary/aromatic N) is 1. The molecular weight excluding hydrogens is 328 g/mol. The Balaban J connectivity index is 1.99. The Bertz CT molecular complexity index is 970. The number of aryl methyl sites for hydroxylation is 1. The lowest BCUT2D eigenvalue weighted by Gasteiger charge is -2.39. The number of rotatable bonds is 1. The fraction of sp³-hybridized carbons (Fsp3) is 0.318. The number of aromatic nitrogens is 1. The molecule has 0 aliphatic carbocycles. The van der Waals surface area contributed by atoms with E-state index in [4.69, 9.17) is 11.6 Å². The maximum Gasteiger partial charge on any atom is 0.0780 e. The van der Waals surface area contributed by atoms with Crippen molar-refractivity contribution in [3.05, 3.63) is 58.7 Å². The third-order valence-corrected chi connectivity index (χ3v) is 5.60. The molecule has 1 aliphatic heterocycles. The Labute approximate surface area is 154 Å². The molecule has 25 heavy (non-hydrogen) atoms. The zero-order valence-electron chi connectivity index (χ0n) is 15.2. The van der Waals surface area contributed by atoms with Crippen LogP contribution < -0.4 is 5.32 Å². The minimum absolute atomic E-state index is 0.0863. The highest BCUT2D eigenvalue weighted by Crippen LogP contribution is 2.48. The quantitative estimate of drug-likeness (QED) is 0.537. The van der Waals surface area contributed by atoms with E-state index in [1.165, 1.54) is 16.8 Å². The van der Waals surface area contributed by atoms with Crippen LogP contribution in [0, 0.1) is 6.92 Å². The number of para-hydroxylation sites is 1. The molecule has 2 aromatic carbocycles. The first kappa shape index (κ1) is 16.4. The molecular formula is C22H23ClN2. The largest absolute Gasteiger partial charge is 0.380 e. The average molecular weight is 351 g/mol. The first-order valence-electron chi connectivity index (χ1n) is 8.83. The van der Waals surface area contributed by atoms with E-state index < -0.39 is 0 Å². The van der Waals surface area contributed by atoms with Crippen molar-refractivity contribution < 1.29 is 0 Å². The fourth-order valence-electron chi connectivity index (χ4n) is 4.22. The lowest BCUT2D eigenvalue weighted by atomic mass is 9.79. The molecule has 3 heteroatoms. The molecule has 0 spiro atoms. The summed E-state index contributed by atoms with van der Waals surface area (Å²) in [7, 11) is 0. The number of anilines is 1. The Morgan fingerprint density at radius 1 is 1.16 bits per heavy atom. The highest BCUT2D eigenvalue weighted by molar-refractivity contribution is 6.35. The van der Waals surface area contributed by atoms with Crippen molar-refractivity contribution >= 4 is 28.2 Å². The van der Waals surface area contributed by atoms with Gasteiger partial charge >= 0.3 is 0 Å². The molecule has 1 aliphatic rings. The second kappa shape index (κ2) is 5.74. The number of halogens is 1. The van der Waals surface area contributed by atoms with E-state index in [2.05, 4.69) is 68.3 Å². The number of pyridine rings is 1. The lowest BCUT2D eigenvalue weighted by molar-refractivity contribution is 0.454. The fourth-order valence-corrected chi connectivity index (χ4v) is 4.66. The van der Waals surface area contributed by atoms with Crippen LogP contribution in [-0.4, -0.2) is 10.5 Å². The third-order valence-electron chi connectivity index (χ3n) is 5.19. The summed E-state index contributed by atoms with van der Waals surface area (Å²) < 4.78 is 0. The zero-order valence-corrected chi connectivity index (χ0v) is 15.9. The van der Waals surface area contributed by atoms with Gasteiger partial charge < -0.3 is 5.32 Å². The summed E-state index contributed by atoms with van der Waals surface area (Å²) in [5.74, 6) is 0.417. The van der Waals surface area contributed by atoms with Crippen molar-refractivity contribution in [2.45, 2.75) is 45.6 Å². The van der Waals surface area contributed by atoms with Crippen LogP contribution in [0.25, 0.3) is 22.0 Å². The first-order chi connectivity index (χ1) is 11.9. The minimum atomic E-state index is 0.0863. The molecule has 0 fully saturated rings. The van der Waals surface area contributed by atoms with Crippen LogP contribution in [0.5, 0.6) is 0 Å². The maximum atomic E-state index is 6.95. The van der Waals surface area contributed by atoms with Crippen molar-refractivity contribution in [3.63, 3.8) is 0 Å². The van der Waals surface area contributed by atoms with Crippen molar-refractivity contribution in [1.82, 2.24) is 4.98 Å². The molecule has 1 N–H and O–H groups in total. The molecule has 1 aromatic heterocycles.